The molecule has 16 heavy (non-hydrogen) atoms. The van der Waals surface area contributed by atoms with E-state index < -0.39 is 0 Å². The first kappa shape index (κ1) is 11.7. The van der Waals surface area contributed by atoms with Gasteiger partial charge in [-0.05, 0) is 54.2 Å². The van der Waals surface area contributed by atoms with E-state index in [0.717, 1.165) is 6.42 Å². The third kappa shape index (κ3) is 2.30. The molecule has 1 aromatic rings. The van der Waals surface area contributed by atoms with Crippen molar-refractivity contribution >= 4 is 0 Å². The second-order valence-corrected chi connectivity index (χ2v) is 5.55. The van der Waals surface area contributed by atoms with Crippen LogP contribution in [0.4, 0.5) is 0 Å². The second-order valence-electron chi connectivity index (χ2n) is 5.55. The molecule has 0 spiro atoms. The van der Waals surface area contributed by atoms with Gasteiger partial charge in [0.05, 0.1) is 0 Å². The van der Waals surface area contributed by atoms with Gasteiger partial charge in [-0.1, -0.05) is 32.0 Å². The molecule has 2 rings (SSSR count). The Morgan fingerprint density at radius 1 is 1.12 bits per heavy atom. The van der Waals surface area contributed by atoms with E-state index in [0.29, 0.717) is 0 Å². The van der Waals surface area contributed by atoms with Crippen molar-refractivity contribution in [1.29, 1.82) is 0 Å². The summed E-state index contributed by atoms with van der Waals surface area (Å²) in [5.41, 5.74) is 4.55. The Morgan fingerprint density at radius 2 is 1.81 bits per heavy atom. The number of aryl methyl sites for hydroxylation is 2. The minimum atomic E-state index is 0.0984. The molecule has 0 atom stereocenters. The van der Waals surface area contributed by atoms with Gasteiger partial charge in [0.15, 0.2) is 0 Å². The molecule has 1 aliphatic rings. The lowest BCUT2D eigenvalue weighted by molar-refractivity contribution is 0.252. The molecule has 1 nitrogen and oxygen atoms in total. The molecular weight excluding hydrogens is 196 g/mol. The zero-order chi connectivity index (χ0) is 11.6. The number of benzene rings is 1. The van der Waals surface area contributed by atoms with Crippen molar-refractivity contribution in [3.8, 4) is 0 Å². The molecule has 1 heteroatoms. The minimum Gasteiger partial charge on any atom is -0.396 e. The molecule has 88 valence electrons. The number of hydrogen-bond acceptors (Lipinski definition) is 1. The maximum absolute atomic E-state index is 9.10. The topological polar surface area (TPSA) is 20.2 Å². The van der Waals surface area contributed by atoms with Gasteiger partial charge in [-0.25, -0.2) is 0 Å². The van der Waals surface area contributed by atoms with Crippen molar-refractivity contribution in [1.82, 2.24) is 0 Å². The smallest absolute Gasteiger partial charge is 0.0439 e. The highest BCUT2D eigenvalue weighted by atomic mass is 16.3. The Balaban J connectivity index is 2.29. The fourth-order valence-electron chi connectivity index (χ4n) is 2.58. The molecule has 1 N–H and O–H groups in total. The predicted molar refractivity (Wildman–Crippen MR) is 67.8 cm³/mol. The Morgan fingerprint density at radius 3 is 2.50 bits per heavy atom. The molecular formula is C15H22O. The van der Waals surface area contributed by atoms with E-state index in [1.807, 2.05) is 0 Å². The molecule has 1 aliphatic carbocycles. The summed E-state index contributed by atoms with van der Waals surface area (Å²) in [4.78, 5) is 0. The molecule has 1 aromatic carbocycles. The highest BCUT2D eigenvalue weighted by Crippen LogP contribution is 2.30. The fraction of sp³-hybridized carbons (Fsp3) is 0.600. The van der Waals surface area contributed by atoms with E-state index in [1.54, 1.807) is 0 Å². The Labute approximate surface area is 98.5 Å². The first-order valence-corrected chi connectivity index (χ1v) is 6.36. The van der Waals surface area contributed by atoms with E-state index in [1.165, 1.54) is 42.4 Å². The van der Waals surface area contributed by atoms with E-state index in [4.69, 9.17) is 5.11 Å². The molecule has 0 aliphatic heterocycles. The fourth-order valence-corrected chi connectivity index (χ4v) is 2.58. The van der Waals surface area contributed by atoms with Gasteiger partial charge in [-0.15, -0.1) is 0 Å². The number of aliphatic hydroxyl groups is 1. The van der Waals surface area contributed by atoms with E-state index in [-0.39, 0.29) is 12.0 Å². The molecule has 0 radical (unpaired) electrons. The molecule has 0 fully saturated rings. The number of rotatable bonds is 3. The minimum absolute atomic E-state index is 0.0984. The Bertz CT molecular complexity index is 366. The number of hydrogen-bond donors (Lipinski definition) is 1. The summed E-state index contributed by atoms with van der Waals surface area (Å²) in [6, 6.07) is 6.91. The van der Waals surface area contributed by atoms with Crippen molar-refractivity contribution in [3.63, 3.8) is 0 Å². The summed E-state index contributed by atoms with van der Waals surface area (Å²) in [6.07, 6.45) is 5.99. The zero-order valence-corrected chi connectivity index (χ0v) is 10.4. The largest absolute Gasteiger partial charge is 0.396 e. The van der Waals surface area contributed by atoms with Crippen LogP contribution in [0.3, 0.4) is 0 Å². The van der Waals surface area contributed by atoms with Crippen molar-refractivity contribution in [3.05, 3.63) is 34.9 Å². The first-order chi connectivity index (χ1) is 7.63. The van der Waals surface area contributed by atoms with Crippen LogP contribution in [-0.4, -0.2) is 11.7 Å². The van der Waals surface area contributed by atoms with Crippen LogP contribution in [0.1, 0.15) is 49.8 Å². The summed E-state index contributed by atoms with van der Waals surface area (Å²) in [5.74, 6) is 0. The van der Waals surface area contributed by atoms with Gasteiger partial charge >= 0.3 is 0 Å². The van der Waals surface area contributed by atoms with Crippen LogP contribution in [0.15, 0.2) is 18.2 Å². The second kappa shape index (κ2) is 4.58. The summed E-state index contributed by atoms with van der Waals surface area (Å²) in [7, 11) is 0. The molecule has 0 amide bonds. The summed E-state index contributed by atoms with van der Waals surface area (Å²) in [5, 5.41) is 9.10. The average Bonchev–Trinajstić information content (AvgIpc) is 2.28. The lowest BCUT2D eigenvalue weighted by Gasteiger charge is -2.26. The Hall–Kier alpha value is -0.820. The van der Waals surface area contributed by atoms with Crippen LogP contribution in [0.2, 0.25) is 0 Å². The van der Waals surface area contributed by atoms with Gasteiger partial charge in [0.2, 0.25) is 0 Å². The highest BCUT2D eigenvalue weighted by molar-refractivity contribution is 5.36. The SMILES string of the molecule is CC(C)(CCO)c1ccc2c(c1)CCCC2. The monoisotopic (exact) mass is 218 g/mol. The van der Waals surface area contributed by atoms with Crippen molar-refractivity contribution < 1.29 is 5.11 Å². The first-order valence-electron chi connectivity index (χ1n) is 6.36. The van der Waals surface area contributed by atoms with Gasteiger partial charge in [0.1, 0.15) is 0 Å². The molecule has 0 aromatic heterocycles. The maximum Gasteiger partial charge on any atom is 0.0439 e. The van der Waals surface area contributed by atoms with E-state index >= 15 is 0 Å². The van der Waals surface area contributed by atoms with Gasteiger partial charge in [-0.2, -0.15) is 0 Å². The lowest BCUT2D eigenvalue weighted by Crippen LogP contribution is -2.19. The number of fused-ring (bicyclic) bond motifs is 1. The summed E-state index contributed by atoms with van der Waals surface area (Å²) in [6.45, 7) is 4.70. The van der Waals surface area contributed by atoms with Crippen LogP contribution >= 0.6 is 0 Å². The molecule has 0 saturated carbocycles. The van der Waals surface area contributed by atoms with Gasteiger partial charge < -0.3 is 5.11 Å². The van der Waals surface area contributed by atoms with Crippen molar-refractivity contribution in [2.45, 2.75) is 51.4 Å². The summed E-state index contributed by atoms with van der Waals surface area (Å²) >= 11 is 0. The van der Waals surface area contributed by atoms with Crippen LogP contribution < -0.4 is 0 Å². The van der Waals surface area contributed by atoms with Crippen LogP contribution in [0.5, 0.6) is 0 Å². The predicted octanol–water partition coefficient (Wildman–Crippen LogP) is 3.23. The van der Waals surface area contributed by atoms with E-state index in [9.17, 15) is 0 Å². The van der Waals surface area contributed by atoms with Crippen LogP contribution in [0, 0.1) is 0 Å². The number of aliphatic hydroxyl groups excluding tert-OH is 1. The zero-order valence-electron chi connectivity index (χ0n) is 10.4. The third-order valence-corrected chi connectivity index (χ3v) is 3.87. The standard InChI is InChI=1S/C15H22O/c1-15(2,9-10-16)14-8-7-12-5-3-4-6-13(12)11-14/h7-8,11,16H,3-6,9-10H2,1-2H3. The van der Waals surface area contributed by atoms with Crippen LogP contribution in [0.25, 0.3) is 0 Å². The maximum atomic E-state index is 9.10. The lowest BCUT2D eigenvalue weighted by atomic mass is 9.79. The van der Waals surface area contributed by atoms with Gasteiger partial charge in [0, 0.05) is 6.61 Å². The molecule has 0 saturated heterocycles. The average molecular weight is 218 g/mol. The quantitative estimate of drug-likeness (QED) is 0.826. The normalized spacial score (nSPS) is 15.9. The van der Waals surface area contributed by atoms with Gasteiger partial charge in [-0.3, -0.25) is 0 Å². The van der Waals surface area contributed by atoms with E-state index in [2.05, 4.69) is 32.0 Å². The highest BCUT2D eigenvalue weighted by Gasteiger charge is 2.21. The third-order valence-electron chi connectivity index (χ3n) is 3.87. The van der Waals surface area contributed by atoms with Gasteiger partial charge in [0.25, 0.3) is 0 Å². The summed E-state index contributed by atoms with van der Waals surface area (Å²) < 4.78 is 0. The Kier molecular flexibility index (Phi) is 3.34. The van der Waals surface area contributed by atoms with Crippen molar-refractivity contribution in [2.75, 3.05) is 6.61 Å². The van der Waals surface area contributed by atoms with Crippen molar-refractivity contribution in [2.24, 2.45) is 0 Å². The molecule has 0 unspecified atom stereocenters. The van der Waals surface area contributed by atoms with Crippen LogP contribution in [-0.2, 0) is 18.3 Å². The molecule has 0 heterocycles. The molecule has 0 bridgehead atoms.